The Kier molecular flexibility index (Phi) is 6.40. The third-order valence-corrected chi connectivity index (χ3v) is 7.01. The lowest BCUT2D eigenvalue weighted by molar-refractivity contribution is -0.116. The standard InChI is InChI=1S/C24H29ClN4O3/c1-14-4-5-19(9-20(14)25)27-21(30)6-7-28-10-17-12-29(13-18(17)11-28)24(32)23-15(2)8-22(31)26-16(23)3/h4-5,8-9,17-18H,6-7,10-13H2,1-3H3,(H,26,31)(H,27,30). The third-order valence-electron chi connectivity index (χ3n) is 6.60. The number of carbonyl (C=O) groups is 2. The number of carbonyl (C=O) groups excluding carboxylic acids is 2. The molecule has 0 aliphatic carbocycles. The summed E-state index contributed by atoms with van der Waals surface area (Å²) in [7, 11) is 0. The molecule has 2 aliphatic heterocycles. The van der Waals surface area contributed by atoms with Gasteiger partial charge in [0.15, 0.2) is 0 Å². The summed E-state index contributed by atoms with van der Waals surface area (Å²) >= 11 is 6.13. The van der Waals surface area contributed by atoms with Crippen LogP contribution in [0.1, 0.15) is 33.6 Å². The predicted octanol–water partition coefficient (Wildman–Crippen LogP) is 2.99. The molecule has 7 nitrogen and oxygen atoms in total. The number of nitrogens with one attached hydrogen (secondary N) is 2. The van der Waals surface area contributed by atoms with Crippen LogP contribution in [0.5, 0.6) is 0 Å². The Labute approximate surface area is 192 Å². The van der Waals surface area contributed by atoms with Crippen molar-refractivity contribution < 1.29 is 9.59 Å². The molecular formula is C24H29ClN4O3. The monoisotopic (exact) mass is 456 g/mol. The van der Waals surface area contributed by atoms with Crippen LogP contribution in [0.25, 0.3) is 0 Å². The van der Waals surface area contributed by atoms with E-state index in [0.717, 1.165) is 24.2 Å². The molecule has 1 aromatic heterocycles. The van der Waals surface area contributed by atoms with Gasteiger partial charge < -0.3 is 20.1 Å². The number of fused-ring (bicyclic) bond motifs is 1. The van der Waals surface area contributed by atoms with Crippen molar-refractivity contribution in [2.45, 2.75) is 27.2 Å². The van der Waals surface area contributed by atoms with Crippen molar-refractivity contribution >= 4 is 29.1 Å². The fourth-order valence-electron chi connectivity index (χ4n) is 4.93. The molecule has 0 saturated carbocycles. The van der Waals surface area contributed by atoms with Crippen molar-refractivity contribution in [2.75, 3.05) is 38.0 Å². The molecule has 2 aromatic rings. The van der Waals surface area contributed by atoms with E-state index in [1.165, 1.54) is 6.07 Å². The summed E-state index contributed by atoms with van der Waals surface area (Å²) in [6.45, 7) is 9.42. The summed E-state index contributed by atoms with van der Waals surface area (Å²) in [6.07, 6.45) is 0.420. The minimum atomic E-state index is -0.181. The van der Waals surface area contributed by atoms with E-state index in [9.17, 15) is 14.4 Å². The molecule has 32 heavy (non-hydrogen) atoms. The average Bonchev–Trinajstić information content (AvgIpc) is 3.27. The van der Waals surface area contributed by atoms with Gasteiger partial charge in [0.25, 0.3) is 5.91 Å². The van der Waals surface area contributed by atoms with Gasteiger partial charge in [-0.25, -0.2) is 0 Å². The molecule has 0 radical (unpaired) electrons. The Morgan fingerprint density at radius 3 is 2.38 bits per heavy atom. The maximum absolute atomic E-state index is 13.1. The lowest BCUT2D eigenvalue weighted by Crippen LogP contribution is -2.35. The highest BCUT2D eigenvalue weighted by atomic mass is 35.5. The van der Waals surface area contributed by atoms with Gasteiger partial charge in [0, 0.05) is 61.6 Å². The van der Waals surface area contributed by atoms with E-state index in [2.05, 4.69) is 15.2 Å². The quantitative estimate of drug-likeness (QED) is 0.724. The molecule has 1 aromatic carbocycles. The molecule has 2 aliphatic rings. The fourth-order valence-corrected chi connectivity index (χ4v) is 5.11. The number of aryl methyl sites for hydroxylation is 3. The van der Waals surface area contributed by atoms with E-state index < -0.39 is 0 Å². The first-order valence-corrected chi connectivity index (χ1v) is 11.4. The van der Waals surface area contributed by atoms with E-state index in [4.69, 9.17) is 11.6 Å². The Morgan fingerprint density at radius 1 is 1.06 bits per heavy atom. The highest BCUT2D eigenvalue weighted by Crippen LogP contribution is 2.32. The molecule has 2 saturated heterocycles. The molecule has 2 N–H and O–H groups in total. The second-order valence-corrected chi connectivity index (χ2v) is 9.48. The van der Waals surface area contributed by atoms with Gasteiger partial charge in [0.1, 0.15) is 0 Å². The first-order chi connectivity index (χ1) is 15.2. The van der Waals surface area contributed by atoms with E-state index in [-0.39, 0.29) is 17.4 Å². The van der Waals surface area contributed by atoms with Crippen LogP contribution in [-0.4, -0.2) is 59.3 Å². The number of aromatic amines is 1. The number of likely N-dealkylation sites (tertiary alicyclic amines) is 2. The third kappa shape index (κ3) is 4.74. The number of nitrogens with zero attached hydrogens (tertiary/aromatic N) is 2. The Morgan fingerprint density at radius 2 is 1.75 bits per heavy atom. The highest BCUT2D eigenvalue weighted by Gasteiger charge is 2.42. The minimum Gasteiger partial charge on any atom is -0.338 e. The van der Waals surface area contributed by atoms with E-state index in [1.54, 1.807) is 13.0 Å². The summed E-state index contributed by atoms with van der Waals surface area (Å²) in [5, 5.41) is 3.55. The second kappa shape index (κ2) is 9.08. The van der Waals surface area contributed by atoms with Gasteiger partial charge in [-0.2, -0.15) is 0 Å². The zero-order chi connectivity index (χ0) is 23.0. The number of rotatable bonds is 5. The van der Waals surface area contributed by atoms with Crippen molar-refractivity contribution in [1.82, 2.24) is 14.8 Å². The minimum absolute atomic E-state index is 0.00617. The number of H-pyrrole nitrogens is 1. The van der Waals surface area contributed by atoms with Gasteiger partial charge in [0.2, 0.25) is 11.5 Å². The molecule has 170 valence electrons. The number of anilines is 1. The van der Waals surface area contributed by atoms with Crippen LogP contribution in [0.2, 0.25) is 5.02 Å². The molecule has 2 fully saturated rings. The van der Waals surface area contributed by atoms with Crippen LogP contribution in [0, 0.1) is 32.6 Å². The number of hydrogen-bond donors (Lipinski definition) is 2. The Bertz CT molecular complexity index is 1070. The zero-order valence-electron chi connectivity index (χ0n) is 18.7. The second-order valence-electron chi connectivity index (χ2n) is 9.07. The number of halogens is 1. The van der Waals surface area contributed by atoms with E-state index in [0.29, 0.717) is 59.9 Å². The summed E-state index contributed by atoms with van der Waals surface area (Å²) in [5.74, 6) is 0.804. The summed E-state index contributed by atoms with van der Waals surface area (Å²) in [5.41, 5.74) is 3.46. The summed E-state index contributed by atoms with van der Waals surface area (Å²) < 4.78 is 0. The molecule has 0 spiro atoms. The molecule has 2 atom stereocenters. The molecule has 4 rings (SSSR count). The van der Waals surface area contributed by atoms with E-state index >= 15 is 0 Å². The van der Waals surface area contributed by atoms with Crippen molar-refractivity contribution in [2.24, 2.45) is 11.8 Å². The number of pyridine rings is 1. The molecule has 0 bridgehead atoms. The van der Waals surface area contributed by atoms with Crippen LogP contribution in [-0.2, 0) is 4.79 Å². The molecular weight excluding hydrogens is 428 g/mol. The van der Waals surface area contributed by atoms with Crippen molar-refractivity contribution in [3.63, 3.8) is 0 Å². The predicted molar refractivity (Wildman–Crippen MR) is 125 cm³/mol. The maximum atomic E-state index is 13.1. The SMILES string of the molecule is Cc1ccc(NC(=O)CCN2CC3CN(C(=O)c4c(C)cc(=O)[nH]c4C)CC3C2)cc1Cl. The summed E-state index contributed by atoms with van der Waals surface area (Å²) in [4.78, 5) is 44.0. The largest absolute Gasteiger partial charge is 0.338 e. The lowest BCUT2D eigenvalue weighted by Gasteiger charge is -2.22. The van der Waals surface area contributed by atoms with Gasteiger partial charge in [-0.15, -0.1) is 0 Å². The summed E-state index contributed by atoms with van der Waals surface area (Å²) in [6, 6.07) is 7.00. The maximum Gasteiger partial charge on any atom is 0.255 e. The van der Waals surface area contributed by atoms with Crippen molar-refractivity contribution in [3.8, 4) is 0 Å². The van der Waals surface area contributed by atoms with Gasteiger partial charge in [-0.1, -0.05) is 17.7 Å². The number of amides is 2. The number of aromatic nitrogens is 1. The average molecular weight is 457 g/mol. The van der Waals surface area contributed by atoms with Crippen LogP contribution in [0.3, 0.4) is 0 Å². The van der Waals surface area contributed by atoms with Crippen LogP contribution < -0.4 is 10.9 Å². The highest BCUT2D eigenvalue weighted by molar-refractivity contribution is 6.31. The van der Waals surface area contributed by atoms with Crippen LogP contribution >= 0.6 is 11.6 Å². The molecule has 8 heteroatoms. The molecule has 2 unspecified atom stereocenters. The van der Waals surface area contributed by atoms with E-state index in [1.807, 2.05) is 30.9 Å². The van der Waals surface area contributed by atoms with Gasteiger partial charge >= 0.3 is 0 Å². The Balaban J connectivity index is 1.28. The smallest absolute Gasteiger partial charge is 0.255 e. The topological polar surface area (TPSA) is 85.5 Å². The molecule has 3 heterocycles. The fraction of sp³-hybridized carbons (Fsp3) is 0.458. The van der Waals surface area contributed by atoms with Gasteiger partial charge in [-0.05, 0) is 55.9 Å². The normalized spacial score (nSPS) is 20.4. The van der Waals surface area contributed by atoms with Crippen molar-refractivity contribution in [1.29, 1.82) is 0 Å². The van der Waals surface area contributed by atoms with Crippen LogP contribution in [0.15, 0.2) is 29.1 Å². The molecule has 2 amide bonds. The number of hydrogen-bond acceptors (Lipinski definition) is 4. The van der Waals surface area contributed by atoms with Gasteiger partial charge in [-0.3, -0.25) is 14.4 Å². The van der Waals surface area contributed by atoms with Crippen LogP contribution in [0.4, 0.5) is 5.69 Å². The Hall–Kier alpha value is -2.64. The van der Waals surface area contributed by atoms with Crippen molar-refractivity contribution in [3.05, 3.63) is 62.0 Å². The van der Waals surface area contributed by atoms with Gasteiger partial charge in [0.05, 0.1) is 5.56 Å². The zero-order valence-corrected chi connectivity index (χ0v) is 19.5. The first kappa shape index (κ1) is 22.6. The lowest BCUT2D eigenvalue weighted by atomic mass is 10.0. The first-order valence-electron chi connectivity index (χ1n) is 11.0. The number of benzene rings is 1.